The number of rotatable bonds is 4. The molecule has 0 fully saturated rings. The van der Waals surface area contributed by atoms with Gasteiger partial charge in [0.15, 0.2) is 0 Å². The first kappa shape index (κ1) is 15.3. The van der Waals surface area contributed by atoms with Gasteiger partial charge in [-0.3, -0.25) is 4.72 Å². The second kappa shape index (κ2) is 6.15. The van der Waals surface area contributed by atoms with Crippen molar-refractivity contribution in [3.8, 4) is 5.75 Å². The lowest BCUT2D eigenvalue weighted by molar-refractivity contribution is 0.412. The quantitative estimate of drug-likeness (QED) is 0.812. The van der Waals surface area contributed by atoms with Gasteiger partial charge in [0.1, 0.15) is 5.75 Å². The largest absolute Gasteiger partial charge is 0.495 e. The third-order valence-corrected chi connectivity index (χ3v) is 5.20. The van der Waals surface area contributed by atoms with E-state index in [0.717, 1.165) is 4.47 Å². The topological polar surface area (TPSA) is 55.4 Å². The van der Waals surface area contributed by atoms with Crippen molar-refractivity contribution in [3.63, 3.8) is 0 Å². The number of hydrogen-bond donors (Lipinski definition) is 1. The van der Waals surface area contributed by atoms with E-state index in [1.807, 2.05) is 0 Å². The van der Waals surface area contributed by atoms with Crippen LogP contribution in [0.2, 0.25) is 0 Å². The summed E-state index contributed by atoms with van der Waals surface area (Å²) in [6, 6.07) is 11.5. The molecule has 0 aliphatic rings. The van der Waals surface area contributed by atoms with Crippen LogP contribution in [0.5, 0.6) is 5.75 Å². The van der Waals surface area contributed by atoms with Crippen molar-refractivity contribution in [1.82, 2.24) is 0 Å². The van der Waals surface area contributed by atoms with E-state index in [1.54, 1.807) is 30.3 Å². The van der Waals surface area contributed by atoms with Crippen molar-refractivity contribution >= 4 is 47.6 Å². The first-order valence-corrected chi connectivity index (χ1v) is 8.62. The lowest BCUT2D eigenvalue weighted by Crippen LogP contribution is -2.13. The molecular formula is C13H11Br2NO3S. The van der Waals surface area contributed by atoms with Gasteiger partial charge in [-0.2, -0.15) is 0 Å². The van der Waals surface area contributed by atoms with Crippen LogP contribution in [0.4, 0.5) is 5.69 Å². The fraction of sp³-hybridized carbons (Fsp3) is 0.0769. The molecule has 2 rings (SSSR count). The minimum Gasteiger partial charge on any atom is -0.495 e. The second-order valence-corrected chi connectivity index (χ2v) is 7.28. The maximum Gasteiger partial charge on any atom is 0.261 e. The molecule has 4 nitrogen and oxygen atoms in total. The zero-order chi connectivity index (χ0) is 14.8. The molecule has 0 spiro atoms. The molecule has 106 valence electrons. The Kier molecular flexibility index (Phi) is 4.72. The maximum atomic E-state index is 12.3. The first-order chi connectivity index (χ1) is 9.44. The summed E-state index contributed by atoms with van der Waals surface area (Å²) in [4.78, 5) is 0.203. The Morgan fingerprint density at radius 3 is 2.30 bits per heavy atom. The van der Waals surface area contributed by atoms with Gasteiger partial charge in [-0.05, 0) is 50.1 Å². The highest BCUT2D eigenvalue weighted by molar-refractivity contribution is 9.11. The van der Waals surface area contributed by atoms with Gasteiger partial charge < -0.3 is 4.74 Å². The molecule has 20 heavy (non-hydrogen) atoms. The summed E-state index contributed by atoms with van der Waals surface area (Å²) >= 11 is 6.66. The van der Waals surface area contributed by atoms with Crippen LogP contribution in [-0.4, -0.2) is 15.5 Å². The molecule has 0 unspecified atom stereocenters. The van der Waals surface area contributed by atoms with Crippen molar-refractivity contribution < 1.29 is 13.2 Å². The van der Waals surface area contributed by atoms with Crippen LogP contribution < -0.4 is 9.46 Å². The fourth-order valence-electron chi connectivity index (χ4n) is 1.57. The Bertz CT molecular complexity index is 718. The van der Waals surface area contributed by atoms with Crippen molar-refractivity contribution in [3.05, 3.63) is 51.4 Å². The molecule has 0 heterocycles. The molecular weight excluding hydrogens is 410 g/mol. The number of methoxy groups -OCH3 is 1. The predicted octanol–water partition coefficient (Wildman–Crippen LogP) is 4.02. The minimum absolute atomic E-state index is 0.203. The van der Waals surface area contributed by atoms with Crippen LogP contribution in [0.1, 0.15) is 0 Å². The molecule has 0 saturated heterocycles. The van der Waals surface area contributed by atoms with Gasteiger partial charge in [0.25, 0.3) is 10.0 Å². The third kappa shape index (κ3) is 3.34. The number of ether oxygens (including phenoxy) is 1. The molecule has 0 amide bonds. The van der Waals surface area contributed by atoms with Crippen molar-refractivity contribution in [1.29, 1.82) is 0 Å². The van der Waals surface area contributed by atoms with Crippen LogP contribution >= 0.6 is 31.9 Å². The van der Waals surface area contributed by atoms with Gasteiger partial charge in [-0.15, -0.1) is 0 Å². The SMILES string of the molecule is COc1cc(NS(=O)(=O)c2ccccc2)c(Br)cc1Br. The molecule has 0 aliphatic heterocycles. The van der Waals surface area contributed by atoms with Crippen molar-refractivity contribution in [2.24, 2.45) is 0 Å². The van der Waals surface area contributed by atoms with Gasteiger partial charge in [-0.1, -0.05) is 18.2 Å². The third-order valence-electron chi connectivity index (χ3n) is 2.54. The number of anilines is 1. The van der Waals surface area contributed by atoms with E-state index >= 15 is 0 Å². The summed E-state index contributed by atoms with van der Waals surface area (Å²) in [5.74, 6) is 0.541. The minimum atomic E-state index is -3.62. The van der Waals surface area contributed by atoms with Gasteiger partial charge in [0.2, 0.25) is 0 Å². The molecule has 0 atom stereocenters. The van der Waals surface area contributed by atoms with E-state index in [2.05, 4.69) is 36.6 Å². The normalized spacial score (nSPS) is 11.2. The molecule has 2 aromatic carbocycles. The van der Waals surface area contributed by atoms with Gasteiger partial charge in [0.05, 0.1) is 22.2 Å². The summed E-state index contributed by atoms with van der Waals surface area (Å²) in [7, 11) is -2.11. The van der Waals surface area contributed by atoms with E-state index < -0.39 is 10.0 Å². The summed E-state index contributed by atoms with van der Waals surface area (Å²) < 4.78 is 33.5. The highest BCUT2D eigenvalue weighted by Gasteiger charge is 2.16. The van der Waals surface area contributed by atoms with Gasteiger partial charge >= 0.3 is 0 Å². The molecule has 0 radical (unpaired) electrons. The van der Waals surface area contributed by atoms with Crippen LogP contribution in [0.15, 0.2) is 56.3 Å². The van der Waals surface area contributed by atoms with Gasteiger partial charge in [-0.25, -0.2) is 8.42 Å². The summed E-state index contributed by atoms with van der Waals surface area (Å²) in [6.07, 6.45) is 0. The van der Waals surface area contributed by atoms with E-state index in [4.69, 9.17) is 4.74 Å². The summed E-state index contributed by atoms with van der Waals surface area (Å²) in [5.41, 5.74) is 0.411. The molecule has 0 aromatic heterocycles. The summed E-state index contributed by atoms with van der Waals surface area (Å²) in [6.45, 7) is 0. The Labute approximate surface area is 134 Å². The highest BCUT2D eigenvalue weighted by atomic mass is 79.9. The fourth-order valence-corrected chi connectivity index (χ4v) is 4.04. The molecule has 7 heteroatoms. The number of benzene rings is 2. The maximum absolute atomic E-state index is 12.3. The monoisotopic (exact) mass is 419 g/mol. The number of nitrogens with one attached hydrogen (secondary N) is 1. The lowest BCUT2D eigenvalue weighted by atomic mass is 10.3. The Balaban J connectivity index is 2.40. The average Bonchev–Trinajstić information content (AvgIpc) is 2.43. The predicted molar refractivity (Wildman–Crippen MR) is 85.6 cm³/mol. The number of hydrogen-bond acceptors (Lipinski definition) is 3. The number of halogens is 2. The average molecular weight is 421 g/mol. The van der Waals surface area contributed by atoms with Crippen molar-refractivity contribution in [2.45, 2.75) is 4.90 Å². The van der Waals surface area contributed by atoms with E-state index in [9.17, 15) is 8.42 Å². The standard InChI is InChI=1S/C13H11Br2NO3S/c1-19-13-8-12(10(14)7-11(13)15)16-20(17,18)9-5-3-2-4-6-9/h2-8,16H,1H3. The zero-order valence-electron chi connectivity index (χ0n) is 10.4. The van der Waals surface area contributed by atoms with Crippen molar-refractivity contribution in [2.75, 3.05) is 11.8 Å². The number of sulfonamides is 1. The van der Waals surface area contributed by atoms with E-state index in [1.165, 1.54) is 19.2 Å². The first-order valence-electron chi connectivity index (χ1n) is 5.55. The lowest BCUT2D eigenvalue weighted by Gasteiger charge is -2.12. The molecule has 0 aliphatic carbocycles. The van der Waals surface area contributed by atoms with Crippen LogP contribution in [0.25, 0.3) is 0 Å². The molecule has 0 saturated carbocycles. The van der Waals surface area contributed by atoms with Crippen LogP contribution in [0.3, 0.4) is 0 Å². The smallest absolute Gasteiger partial charge is 0.261 e. The Morgan fingerprint density at radius 2 is 1.70 bits per heavy atom. The zero-order valence-corrected chi connectivity index (χ0v) is 14.4. The van der Waals surface area contributed by atoms with Gasteiger partial charge in [0, 0.05) is 10.5 Å². The summed E-state index contributed by atoms with van der Waals surface area (Å²) in [5, 5.41) is 0. The Morgan fingerprint density at radius 1 is 1.05 bits per heavy atom. The molecule has 0 bridgehead atoms. The molecule has 1 N–H and O–H groups in total. The van der Waals surface area contributed by atoms with E-state index in [0.29, 0.717) is 15.9 Å². The second-order valence-electron chi connectivity index (χ2n) is 3.89. The van der Waals surface area contributed by atoms with E-state index in [-0.39, 0.29) is 4.90 Å². The Hall–Kier alpha value is -1.05. The highest BCUT2D eigenvalue weighted by Crippen LogP contribution is 2.35. The van der Waals surface area contributed by atoms with Crippen LogP contribution in [-0.2, 0) is 10.0 Å². The van der Waals surface area contributed by atoms with Crippen LogP contribution in [0, 0.1) is 0 Å². The molecule has 2 aromatic rings.